The van der Waals surface area contributed by atoms with Crippen molar-refractivity contribution in [3.8, 4) is 0 Å². The zero-order chi connectivity index (χ0) is 19.7. The van der Waals surface area contributed by atoms with E-state index in [4.69, 9.17) is 4.74 Å². The lowest BCUT2D eigenvalue weighted by molar-refractivity contribution is -0.161. The highest BCUT2D eigenvalue weighted by Crippen LogP contribution is 2.44. The largest absolute Gasteiger partial charge is 0.460 e. The van der Waals surface area contributed by atoms with Crippen LogP contribution in [0.3, 0.4) is 0 Å². The maximum absolute atomic E-state index is 13.1. The summed E-state index contributed by atoms with van der Waals surface area (Å²) in [6.45, 7) is 1.73. The van der Waals surface area contributed by atoms with Crippen molar-refractivity contribution in [2.75, 3.05) is 0 Å². The van der Waals surface area contributed by atoms with E-state index in [2.05, 4.69) is 10.2 Å². The lowest BCUT2D eigenvalue weighted by Gasteiger charge is -2.40. The van der Waals surface area contributed by atoms with E-state index in [1.54, 1.807) is 6.92 Å². The molecule has 2 aromatic carbocycles. The minimum absolute atomic E-state index is 0.115. The molecule has 1 heterocycles. The number of fused-ring (bicyclic) bond motifs is 1. The van der Waals surface area contributed by atoms with Crippen LogP contribution in [0.4, 0.5) is 0 Å². The summed E-state index contributed by atoms with van der Waals surface area (Å²) in [5.74, 6) is -2.02. The first-order valence-electron chi connectivity index (χ1n) is 9.24. The summed E-state index contributed by atoms with van der Waals surface area (Å²) in [6, 6.07) is 18.7. The van der Waals surface area contributed by atoms with Crippen LogP contribution >= 0.6 is 0 Å². The van der Waals surface area contributed by atoms with Gasteiger partial charge in [-0.15, -0.1) is 0 Å². The Balaban J connectivity index is 1.73. The van der Waals surface area contributed by atoms with Crippen molar-refractivity contribution in [1.29, 1.82) is 0 Å². The van der Waals surface area contributed by atoms with Crippen LogP contribution in [0.1, 0.15) is 35.2 Å². The van der Waals surface area contributed by atoms with E-state index in [9.17, 15) is 14.7 Å². The van der Waals surface area contributed by atoms with Gasteiger partial charge in [0.15, 0.2) is 0 Å². The number of hydrogen-bond donors (Lipinski definition) is 3. The Hall–Kier alpha value is -3.12. The molecule has 3 unspecified atom stereocenters. The molecule has 0 fully saturated rings. The quantitative estimate of drug-likeness (QED) is 0.608. The Labute approximate surface area is 162 Å². The van der Waals surface area contributed by atoms with Crippen molar-refractivity contribution < 1.29 is 14.6 Å². The van der Waals surface area contributed by atoms with Gasteiger partial charge < -0.3 is 14.9 Å². The molecule has 0 radical (unpaired) electrons. The van der Waals surface area contributed by atoms with Crippen molar-refractivity contribution in [2.45, 2.75) is 31.5 Å². The van der Waals surface area contributed by atoms with Gasteiger partial charge in [-0.05, 0) is 18.1 Å². The first-order valence-corrected chi connectivity index (χ1v) is 9.24. The zero-order valence-corrected chi connectivity index (χ0v) is 15.5. The van der Waals surface area contributed by atoms with E-state index in [-0.39, 0.29) is 18.6 Å². The van der Waals surface area contributed by atoms with Gasteiger partial charge in [-0.1, -0.05) is 60.7 Å². The molecule has 28 heavy (non-hydrogen) atoms. The second-order valence-corrected chi connectivity index (χ2v) is 7.46. The molecule has 0 bridgehead atoms. The van der Waals surface area contributed by atoms with Crippen molar-refractivity contribution in [3.63, 3.8) is 0 Å². The molecule has 6 heteroatoms. The summed E-state index contributed by atoms with van der Waals surface area (Å²) >= 11 is 0. The number of aliphatic hydroxyl groups is 1. The Morgan fingerprint density at radius 2 is 1.75 bits per heavy atom. The Morgan fingerprint density at radius 3 is 2.43 bits per heavy atom. The molecule has 0 saturated carbocycles. The predicted molar refractivity (Wildman–Crippen MR) is 104 cm³/mol. The molecule has 0 amide bonds. The van der Waals surface area contributed by atoms with Crippen LogP contribution in [0.5, 0.6) is 0 Å². The molecule has 1 aliphatic rings. The smallest absolute Gasteiger partial charge is 0.313 e. The summed E-state index contributed by atoms with van der Waals surface area (Å²) in [5, 5.41) is 16.6. The van der Waals surface area contributed by atoms with Gasteiger partial charge in [0.05, 0.1) is 11.5 Å². The normalized spacial score (nSPS) is 23.8. The van der Waals surface area contributed by atoms with E-state index < -0.39 is 23.4 Å². The molecule has 3 N–H and O–H groups in total. The lowest BCUT2D eigenvalue weighted by atomic mass is 9.66. The fraction of sp³-hybridized carbons (Fsp3) is 0.273. The third kappa shape index (κ3) is 3.27. The van der Waals surface area contributed by atoms with Gasteiger partial charge in [0.25, 0.3) is 5.56 Å². The van der Waals surface area contributed by atoms with Gasteiger partial charge in [0.1, 0.15) is 6.61 Å². The summed E-state index contributed by atoms with van der Waals surface area (Å²) < 4.78 is 5.56. The average molecular weight is 378 g/mol. The molecular weight excluding hydrogens is 356 g/mol. The van der Waals surface area contributed by atoms with E-state index in [1.165, 1.54) is 0 Å². The van der Waals surface area contributed by atoms with E-state index in [0.717, 1.165) is 11.1 Å². The molecule has 4 rings (SSSR count). The molecular formula is C22H22N2O4. The number of carbonyl (C=O) groups excluding carboxylic acids is 1. The topological polar surface area (TPSA) is 95.2 Å². The van der Waals surface area contributed by atoms with Crippen LogP contribution < -0.4 is 5.56 Å². The fourth-order valence-electron chi connectivity index (χ4n) is 4.09. The number of benzene rings is 2. The highest BCUT2D eigenvalue weighted by Gasteiger charge is 2.51. The van der Waals surface area contributed by atoms with Gasteiger partial charge in [-0.3, -0.25) is 14.7 Å². The third-order valence-electron chi connectivity index (χ3n) is 5.38. The Kier molecular flexibility index (Phi) is 4.65. The molecule has 3 aromatic rings. The van der Waals surface area contributed by atoms with Crippen LogP contribution in [0.15, 0.2) is 65.5 Å². The average Bonchev–Trinajstić information content (AvgIpc) is 3.05. The number of nitrogens with one attached hydrogen (secondary N) is 2. The van der Waals surface area contributed by atoms with Crippen LogP contribution in [-0.4, -0.2) is 26.9 Å². The van der Waals surface area contributed by atoms with Crippen molar-refractivity contribution in [1.82, 2.24) is 10.2 Å². The van der Waals surface area contributed by atoms with Crippen LogP contribution in [-0.2, 0) is 22.6 Å². The van der Waals surface area contributed by atoms with Crippen LogP contribution in [0, 0.1) is 5.92 Å². The minimum Gasteiger partial charge on any atom is -0.460 e. The van der Waals surface area contributed by atoms with Gasteiger partial charge in [0, 0.05) is 23.6 Å². The molecule has 144 valence electrons. The number of esters is 1. The highest BCUT2D eigenvalue weighted by molar-refractivity contribution is 5.77. The van der Waals surface area contributed by atoms with Crippen molar-refractivity contribution in [3.05, 3.63) is 93.4 Å². The Morgan fingerprint density at radius 1 is 1.11 bits per heavy atom. The summed E-state index contributed by atoms with van der Waals surface area (Å²) in [7, 11) is 0. The summed E-state index contributed by atoms with van der Waals surface area (Å²) in [6.07, 6.45) is 0.162. The standard InChI is InChI=1S/C22H22N2O4/c1-22(27)12-16-18(20(25)24-23-16)17(15-10-6-3-7-11-15)19(22)21(26)28-13-14-8-4-2-5-9-14/h2-11,17,19,27H,12-13H2,1H3,(H2,23,24,25). The number of rotatable bonds is 4. The molecule has 0 saturated heterocycles. The molecule has 1 aliphatic carbocycles. The predicted octanol–water partition coefficient (Wildman–Crippen LogP) is 2.50. The van der Waals surface area contributed by atoms with E-state index >= 15 is 0 Å². The summed E-state index contributed by atoms with van der Waals surface area (Å²) in [5.41, 5.74) is 1.11. The highest BCUT2D eigenvalue weighted by atomic mass is 16.5. The number of aromatic amines is 2. The second-order valence-electron chi connectivity index (χ2n) is 7.46. The maximum Gasteiger partial charge on any atom is 0.313 e. The maximum atomic E-state index is 13.1. The molecule has 0 spiro atoms. The van der Waals surface area contributed by atoms with Gasteiger partial charge in [-0.2, -0.15) is 0 Å². The zero-order valence-electron chi connectivity index (χ0n) is 15.5. The molecule has 0 aliphatic heterocycles. The molecule has 1 aromatic heterocycles. The SMILES string of the molecule is CC1(O)Cc2[nH][nH]c(=O)c2C(c2ccccc2)C1C(=O)OCc1ccccc1. The first-order chi connectivity index (χ1) is 13.5. The number of ether oxygens (including phenoxy) is 1. The van der Waals surface area contributed by atoms with Gasteiger partial charge in [-0.25, -0.2) is 0 Å². The third-order valence-corrected chi connectivity index (χ3v) is 5.38. The van der Waals surface area contributed by atoms with Gasteiger partial charge in [0.2, 0.25) is 0 Å². The lowest BCUT2D eigenvalue weighted by Crippen LogP contribution is -2.50. The monoisotopic (exact) mass is 378 g/mol. The number of hydrogen-bond acceptors (Lipinski definition) is 4. The fourth-order valence-corrected chi connectivity index (χ4v) is 4.09. The number of carbonyl (C=O) groups is 1. The minimum atomic E-state index is -1.37. The number of aromatic nitrogens is 2. The van der Waals surface area contributed by atoms with Crippen molar-refractivity contribution >= 4 is 5.97 Å². The van der Waals surface area contributed by atoms with Gasteiger partial charge >= 0.3 is 5.97 Å². The molecule has 6 nitrogen and oxygen atoms in total. The van der Waals surface area contributed by atoms with Crippen LogP contribution in [0.25, 0.3) is 0 Å². The Bertz CT molecular complexity index is 1020. The van der Waals surface area contributed by atoms with Crippen LogP contribution in [0.2, 0.25) is 0 Å². The summed E-state index contributed by atoms with van der Waals surface area (Å²) in [4.78, 5) is 25.6. The van der Waals surface area contributed by atoms with Crippen molar-refractivity contribution in [2.24, 2.45) is 5.92 Å². The first kappa shape index (κ1) is 18.3. The van der Waals surface area contributed by atoms with E-state index in [1.807, 2.05) is 60.7 Å². The molecule has 3 atom stereocenters. The number of H-pyrrole nitrogens is 2. The second kappa shape index (κ2) is 7.13. The van der Waals surface area contributed by atoms with E-state index in [0.29, 0.717) is 11.3 Å².